The van der Waals surface area contributed by atoms with E-state index >= 15 is 4.39 Å². The summed E-state index contributed by atoms with van der Waals surface area (Å²) in [7, 11) is 0. The molecule has 1 atom stereocenters. The molecule has 11 heteroatoms. The van der Waals surface area contributed by atoms with E-state index in [2.05, 4.69) is 15.1 Å². The topological polar surface area (TPSA) is 108 Å². The molecule has 38 heavy (non-hydrogen) atoms. The number of hydrogen-bond acceptors (Lipinski definition) is 7. The molecule has 1 amide bonds. The molecule has 198 valence electrons. The standard InChI is InChI=1S/C27H28F2N6O3/c1-27(2,3)38-26(36)34-10-9-16(13-34)14-35-25-22(24(30)31-15-32-25)23(33-35)20-8-7-19(12-21(20)29)37-18-6-4-5-17(28)11-18/h4-8,11-12,15-16H,9-10,13-14H2,1-3H3,(H2,30,31,32). The van der Waals surface area contributed by atoms with Crippen molar-refractivity contribution in [3.8, 4) is 22.8 Å². The Morgan fingerprint density at radius 1 is 1.13 bits per heavy atom. The quantitative estimate of drug-likeness (QED) is 0.374. The van der Waals surface area contributed by atoms with Crippen LogP contribution in [-0.2, 0) is 11.3 Å². The maximum absolute atomic E-state index is 15.3. The number of carbonyl (C=O) groups excluding carboxylic acids is 1. The second-order valence-electron chi connectivity index (χ2n) is 10.3. The summed E-state index contributed by atoms with van der Waals surface area (Å²) < 4.78 is 41.6. The minimum absolute atomic E-state index is 0.0987. The van der Waals surface area contributed by atoms with E-state index in [0.717, 1.165) is 6.42 Å². The van der Waals surface area contributed by atoms with Gasteiger partial charge in [-0.15, -0.1) is 0 Å². The van der Waals surface area contributed by atoms with Crippen LogP contribution < -0.4 is 10.5 Å². The first-order valence-corrected chi connectivity index (χ1v) is 12.3. The molecule has 9 nitrogen and oxygen atoms in total. The number of nitrogens with zero attached hydrogens (tertiary/aromatic N) is 5. The van der Waals surface area contributed by atoms with E-state index in [1.54, 1.807) is 21.7 Å². The van der Waals surface area contributed by atoms with Crippen LogP contribution in [0.2, 0.25) is 0 Å². The Morgan fingerprint density at radius 2 is 1.92 bits per heavy atom. The molecular weight excluding hydrogens is 494 g/mol. The number of hydrogen-bond donors (Lipinski definition) is 1. The molecule has 0 saturated carbocycles. The monoisotopic (exact) mass is 522 g/mol. The molecule has 1 fully saturated rings. The maximum atomic E-state index is 15.3. The lowest BCUT2D eigenvalue weighted by Gasteiger charge is -2.24. The van der Waals surface area contributed by atoms with Crippen molar-refractivity contribution in [2.24, 2.45) is 5.92 Å². The molecule has 5 rings (SSSR count). The van der Waals surface area contributed by atoms with Crippen molar-refractivity contribution in [2.45, 2.75) is 39.3 Å². The highest BCUT2D eigenvalue weighted by Gasteiger charge is 2.31. The van der Waals surface area contributed by atoms with Crippen LogP contribution >= 0.6 is 0 Å². The van der Waals surface area contributed by atoms with Crippen molar-refractivity contribution in [1.29, 1.82) is 0 Å². The average molecular weight is 523 g/mol. The molecule has 2 N–H and O–H groups in total. The van der Waals surface area contributed by atoms with Gasteiger partial charge in [-0.2, -0.15) is 5.10 Å². The van der Waals surface area contributed by atoms with Gasteiger partial charge in [0.15, 0.2) is 5.65 Å². The van der Waals surface area contributed by atoms with E-state index in [4.69, 9.17) is 15.2 Å². The molecule has 0 spiro atoms. The highest BCUT2D eigenvalue weighted by molar-refractivity contribution is 5.98. The number of likely N-dealkylation sites (tertiary alicyclic amines) is 1. The van der Waals surface area contributed by atoms with Gasteiger partial charge in [-0.05, 0) is 57.4 Å². The Kier molecular flexibility index (Phi) is 6.60. The molecule has 2 aromatic heterocycles. The van der Waals surface area contributed by atoms with E-state index in [1.807, 2.05) is 20.8 Å². The highest BCUT2D eigenvalue weighted by atomic mass is 19.1. The first-order valence-electron chi connectivity index (χ1n) is 12.3. The Balaban J connectivity index is 1.41. The third-order valence-corrected chi connectivity index (χ3v) is 6.15. The minimum atomic E-state index is -0.592. The van der Waals surface area contributed by atoms with Crippen molar-refractivity contribution in [3.05, 3.63) is 60.4 Å². The fourth-order valence-corrected chi connectivity index (χ4v) is 4.48. The van der Waals surface area contributed by atoms with Crippen molar-refractivity contribution in [1.82, 2.24) is 24.6 Å². The largest absolute Gasteiger partial charge is 0.457 e. The van der Waals surface area contributed by atoms with Gasteiger partial charge in [0, 0.05) is 37.3 Å². The summed E-state index contributed by atoms with van der Waals surface area (Å²) in [5, 5.41) is 5.11. The van der Waals surface area contributed by atoms with Gasteiger partial charge in [-0.3, -0.25) is 0 Å². The zero-order chi connectivity index (χ0) is 27.0. The molecule has 0 bridgehead atoms. The Hall–Kier alpha value is -4.28. The van der Waals surface area contributed by atoms with Gasteiger partial charge in [0.25, 0.3) is 0 Å². The molecule has 1 unspecified atom stereocenters. The number of aromatic nitrogens is 4. The van der Waals surface area contributed by atoms with Crippen LogP contribution in [0, 0.1) is 17.6 Å². The lowest BCUT2D eigenvalue weighted by Crippen LogP contribution is -2.35. The maximum Gasteiger partial charge on any atom is 0.410 e. The van der Waals surface area contributed by atoms with Gasteiger partial charge >= 0.3 is 6.09 Å². The predicted octanol–water partition coefficient (Wildman–Crippen LogP) is 5.40. The number of nitrogens with two attached hydrogens (primary N) is 1. The lowest BCUT2D eigenvalue weighted by atomic mass is 10.1. The minimum Gasteiger partial charge on any atom is -0.457 e. The van der Waals surface area contributed by atoms with Gasteiger partial charge in [-0.1, -0.05) is 6.07 Å². The van der Waals surface area contributed by atoms with Gasteiger partial charge < -0.3 is 20.1 Å². The zero-order valence-electron chi connectivity index (χ0n) is 21.3. The molecule has 1 aliphatic heterocycles. The molecule has 1 aliphatic rings. The molecule has 2 aromatic carbocycles. The summed E-state index contributed by atoms with van der Waals surface area (Å²) in [6.45, 7) is 7.03. The SMILES string of the molecule is CC(C)(C)OC(=O)N1CCC(Cn2nc(-c3ccc(Oc4cccc(F)c4)cc3F)c3c(N)ncnc32)C1. The van der Waals surface area contributed by atoms with Gasteiger partial charge in [0.2, 0.25) is 0 Å². The number of benzene rings is 2. The second kappa shape index (κ2) is 9.88. The van der Waals surface area contributed by atoms with Crippen LogP contribution in [-0.4, -0.2) is 49.4 Å². The second-order valence-corrected chi connectivity index (χ2v) is 10.3. The Labute approximate surface area is 218 Å². The van der Waals surface area contributed by atoms with Gasteiger partial charge in [0.1, 0.15) is 46.6 Å². The zero-order valence-corrected chi connectivity index (χ0v) is 21.3. The number of amides is 1. The molecule has 1 saturated heterocycles. The van der Waals surface area contributed by atoms with Crippen LogP contribution in [0.5, 0.6) is 11.5 Å². The fourth-order valence-electron chi connectivity index (χ4n) is 4.48. The van der Waals surface area contributed by atoms with Crippen molar-refractivity contribution < 1.29 is 23.0 Å². The van der Waals surface area contributed by atoms with Crippen molar-refractivity contribution in [2.75, 3.05) is 18.8 Å². The van der Waals surface area contributed by atoms with E-state index in [1.165, 1.54) is 36.7 Å². The number of carbonyl (C=O) groups is 1. The van der Waals surface area contributed by atoms with Crippen LogP contribution in [0.25, 0.3) is 22.3 Å². The predicted molar refractivity (Wildman–Crippen MR) is 138 cm³/mol. The van der Waals surface area contributed by atoms with E-state index in [0.29, 0.717) is 36.4 Å². The number of anilines is 1. The number of fused-ring (bicyclic) bond motifs is 1. The molecular formula is C27H28F2N6O3. The van der Waals surface area contributed by atoms with E-state index in [-0.39, 0.29) is 34.9 Å². The highest BCUT2D eigenvalue weighted by Crippen LogP contribution is 2.35. The average Bonchev–Trinajstić information content (AvgIpc) is 3.45. The van der Waals surface area contributed by atoms with Gasteiger partial charge in [-0.25, -0.2) is 28.2 Å². The summed E-state index contributed by atoms with van der Waals surface area (Å²) in [6.07, 6.45) is 1.75. The Morgan fingerprint density at radius 3 is 2.66 bits per heavy atom. The number of halogens is 2. The summed E-state index contributed by atoms with van der Waals surface area (Å²) >= 11 is 0. The molecule has 4 aromatic rings. The first kappa shape index (κ1) is 25.4. The number of nitrogen functional groups attached to an aromatic ring is 1. The van der Waals surface area contributed by atoms with Crippen LogP contribution in [0.4, 0.5) is 19.4 Å². The van der Waals surface area contributed by atoms with Crippen LogP contribution in [0.15, 0.2) is 48.8 Å². The smallest absolute Gasteiger partial charge is 0.410 e. The Bertz CT molecular complexity index is 1500. The normalized spacial score (nSPS) is 15.7. The first-order chi connectivity index (χ1) is 18.1. The van der Waals surface area contributed by atoms with Crippen molar-refractivity contribution in [3.63, 3.8) is 0 Å². The fraction of sp³-hybridized carbons (Fsp3) is 0.333. The van der Waals surface area contributed by atoms with Crippen LogP contribution in [0.1, 0.15) is 27.2 Å². The summed E-state index contributed by atoms with van der Waals surface area (Å²) in [5.74, 6) is -0.312. The van der Waals surface area contributed by atoms with Crippen LogP contribution in [0.3, 0.4) is 0 Å². The molecule has 0 aliphatic carbocycles. The molecule has 0 radical (unpaired) electrons. The number of ether oxygens (including phenoxy) is 2. The van der Waals surface area contributed by atoms with E-state index < -0.39 is 17.2 Å². The molecule has 3 heterocycles. The third-order valence-electron chi connectivity index (χ3n) is 6.15. The third kappa shape index (κ3) is 5.36. The van der Waals surface area contributed by atoms with Crippen molar-refractivity contribution >= 4 is 22.9 Å². The summed E-state index contributed by atoms with van der Waals surface area (Å²) in [6, 6.07) is 9.91. The lowest BCUT2D eigenvalue weighted by molar-refractivity contribution is 0.0287. The summed E-state index contributed by atoms with van der Waals surface area (Å²) in [5.41, 5.74) is 6.58. The summed E-state index contributed by atoms with van der Waals surface area (Å²) in [4.78, 5) is 22.6. The number of rotatable bonds is 5. The van der Waals surface area contributed by atoms with Gasteiger partial charge in [0.05, 0.1) is 5.39 Å². The van der Waals surface area contributed by atoms with E-state index in [9.17, 15) is 9.18 Å².